The molecule has 1 amide bonds. The van der Waals surface area contributed by atoms with E-state index in [-0.39, 0.29) is 5.91 Å². The molecule has 0 radical (unpaired) electrons. The first-order valence-corrected chi connectivity index (χ1v) is 7.40. The largest absolute Gasteiger partial charge is 0.466 e. The summed E-state index contributed by atoms with van der Waals surface area (Å²) in [6, 6.07) is 1.78. The van der Waals surface area contributed by atoms with Crippen LogP contribution in [0.4, 0.5) is 0 Å². The Hall–Kier alpha value is -0.770. The predicted octanol–water partition coefficient (Wildman–Crippen LogP) is 3.83. The summed E-state index contributed by atoms with van der Waals surface area (Å²) in [6.07, 6.45) is 2.23. The van der Waals surface area contributed by atoms with Crippen molar-refractivity contribution >= 4 is 21.8 Å². The Morgan fingerprint density at radius 2 is 2.00 bits per heavy atom. The fourth-order valence-electron chi connectivity index (χ4n) is 2.11. The molecule has 3 nitrogen and oxygen atoms in total. The zero-order valence-corrected chi connectivity index (χ0v) is 13.1. The second kappa shape index (κ2) is 6.98. The molecule has 1 unspecified atom stereocenters. The molecular formula is C14H22BrNO2. The molecule has 102 valence electrons. The summed E-state index contributed by atoms with van der Waals surface area (Å²) >= 11 is 3.65. The van der Waals surface area contributed by atoms with Gasteiger partial charge in [-0.1, -0.05) is 42.6 Å². The minimum atomic E-state index is -0.0558. The van der Waals surface area contributed by atoms with Crippen molar-refractivity contribution in [3.8, 4) is 0 Å². The average molecular weight is 316 g/mol. The number of alkyl halides is 1. The smallest absolute Gasteiger partial charge is 0.254 e. The molecule has 1 N–H and O–H groups in total. The minimum absolute atomic E-state index is 0.0558. The van der Waals surface area contributed by atoms with Crippen molar-refractivity contribution in [2.24, 2.45) is 5.92 Å². The monoisotopic (exact) mass is 315 g/mol. The summed E-state index contributed by atoms with van der Waals surface area (Å²) < 4.78 is 5.36. The van der Waals surface area contributed by atoms with Gasteiger partial charge in [0.2, 0.25) is 0 Å². The van der Waals surface area contributed by atoms with Gasteiger partial charge in [0.05, 0.1) is 5.56 Å². The van der Waals surface area contributed by atoms with E-state index in [4.69, 9.17) is 4.42 Å². The first-order chi connectivity index (χ1) is 8.49. The van der Waals surface area contributed by atoms with E-state index in [9.17, 15) is 4.79 Å². The summed E-state index contributed by atoms with van der Waals surface area (Å²) in [7, 11) is 0. The summed E-state index contributed by atoms with van der Waals surface area (Å²) in [6.45, 7) is 8.66. The highest BCUT2D eigenvalue weighted by Crippen LogP contribution is 2.20. The number of rotatable bonds is 6. The maximum absolute atomic E-state index is 12.0. The van der Waals surface area contributed by atoms with Crippen LogP contribution in [0.1, 0.15) is 48.6 Å². The molecule has 1 aromatic rings. The topological polar surface area (TPSA) is 42.2 Å². The van der Waals surface area contributed by atoms with Gasteiger partial charge >= 0.3 is 0 Å². The van der Waals surface area contributed by atoms with Crippen LogP contribution < -0.4 is 5.32 Å². The number of amides is 1. The third-order valence-electron chi connectivity index (χ3n) is 3.30. The lowest BCUT2D eigenvalue weighted by Crippen LogP contribution is -2.33. The van der Waals surface area contributed by atoms with E-state index >= 15 is 0 Å². The van der Waals surface area contributed by atoms with E-state index < -0.39 is 0 Å². The van der Waals surface area contributed by atoms with Gasteiger partial charge in [-0.05, 0) is 25.8 Å². The Kier molecular flexibility index (Phi) is 5.93. The SMILES string of the molecule is CCC(CC)C(Br)CNC(=O)c1cc(C)oc1C. The summed E-state index contributed by atoms with van der Waals surface area (Å²) in [5.41, 5.74) is 0.636. The van der Waals surface area contributed by atoms with Crippen molar-refractivity contribution < 1.29 is 9.21 Å². The second-order valence-corrected chi connectivity index (χ2v) is 5.81. The highest BCUT2D eigenvalue weighted by Gasteiger charge is 2.18. The average Bonchev–Trinajstić information content (AvgIpc) is 2.67. The van der Waals surface area contributed by atoms with E-state index in [0.29, 0.717) is 28.6 Å². The van der Waals surface area contributed by atoms with Crippen molar-refractivity contribution in [3.05, 3.63) is 23.2 Å². The molecule has 1 heterocycles. The molecule has 1 aromatic heterocycles. The standard InChI is InChI=1S/C14H22BrNO2/c1-5-11(6-2)13(15)8-16-14(17)12-7-9(3)18-10(12)4/h7,11,13H,5-6,8H2,1-4H3,(H,16,17). The molecule has 0 aliphatic carbocycles. The van der Waals surface area contributed by atoms with Crippen LogP contribution in [-0.4, -0.2) is 17.3 Å². The quantitative estimate of drug-likeness (QED) is 0.811. The van der Waals surface area contributed by atoms with Gasteiger partial charge in [0.25, 0.3) is 5.91 Å². The molecule has 0 saturated heterocycles. The van der Waals surface area contributed by atoms with Crippen LogP contribution in [0.5, 0.6) is 0 Å². The first kappa shape index (κ1) is 15.3. The van der Waals surface area contributed by atoms with Crippen LogP contribution in [0.3, 0.4) is 0 Å². The maximum atomic E-state index is 12.0. The van der Waals surface area contributed by atoms with Gasteiger partial charge in [0.15, 0.2) is 0 Å². The number of carbonyl (C=O) groups is 1. The van der Waals surface area contributed by atoms with Gasteiger partial charge in [-0.2, -0.15) is 0 Å². The van der Waals surface area contributed by atoms with E-state index in [1.165, 1.54) is 0 Å². The molecule has 0 aliphatic rings. The number of furan rings is 1. The van der Waals surface area contributed by atoms with Crippen LogP contribution in [-0.2, 0) is 0 Å². The molecule has 0 fully saturated rings. The van der Waals surface area contributed by atoms with Crippen molar-refractivity contribution in [2.45, 2.75) is 45.4 Å². The summed E-state index contributed by atoms with van der Waals surface area (Å²) in [5, 5.41) is 2.96. The Bertz CT molecular complexity index is 396. The molecular weight excluding hydrogens is 294 g/mol. The summed E-state index contributed by atoms with van der Waals surface area (Å²) in [4.78, 5) is 12.3. The Labute approximate surface area is 117 Å². The van der Waals surface area contributed by atoms with Crippen LogP contribution in [0.2, 0.25) is 0 Å². The Balaban J connectivity index is 2.53. The number of carbonyl (C=O) groups excluding carboxylic acids is 1. The van der Waals surface area contributed by atoms with Gasteiger partial charge in [-0.25, -0.2) is 0 Å². The van der Waals surface area contributed by atoms with Gasteiger partial charge < -0.3 is 9.73 Å². The highest BCUT2D eigenvalue weighted by molar-refractivity contribution is 9.09. The lowest BCUT2D eigenvalue weighted by Gasteiger charge is -2.19. The minimum Gasteiger partial charge on any atom is -0.466 e. The third-order valence-corrected chi connectivity index (χ3v) is 4.37. The molecule has 4 heteroatoms. The third kappa shape index (κ3) is 3.87. The fourth-order valence-corrected chi connectivity index (χ4v) is 3.02. The lowest BCUT2D eigenvalue weighted by molar-refractivity contribution is 0.0950. The number of hydrogen-bond donors (Lipinski definition) is 1. The van der Waals surface area contributed by atoms with Gasteiger partial charge in [0, 0.05) is 11.4 Å². The van der Waals surface area contributed by atoms with E-state index in [2.05, 4.69) is 35.1 Å². The number of halogens is 1. The van der Waals surface area contributed by atoms with Gasteiger partial charge in [-0.15, -0.1) is 0 Å². The zero-order chi connectivity index (χ0) is 13.7. The highest BCUT2D eigenvalue weighted by atomic mass is 79.9. The van der Waals surface area contributed by atoms with Crippen LogP contribution >= 0.6 is 15.9 Å². The Morgan fingerprint density at radius 3 is 2.44 bits per heavy atom. The first-order valence-electron chi connectivity index (χ1n) is 6.48. The molecule has 0 aromatic carbocycles. The molecule has 1 atom stereocenters. The van der Waals surface area contributed by atoms with Crippen LogP contribution in [0.15, 0.2) is 10.5 Å². The van der Waals surface area contributed by atoms with Crippen molar-refractivity contribution in [1.29, 1.82) is 0 Å². The van der Waals surface area contributed by atoms with Crippen LogP contribution in [0, 0.1) is 19.8 Å². The van der Waals surface area contributed by atoms with E-state index in [1.807, 2.05) is 13.8 Å². The maximum Gasteiger partial charge on any atom is 0.254 e. The van der Waals surface area contributed by atoms with Crippen molar-refractivity contribution in [2.75, 3.05) is 6.54 Å². The van der Waals surface area contributed by atoms with E-state index in [0.717, 1.165) is 18.6 Å². The molecule has 18 heavy (non-hydrogen) atoms. The second-order valence-electron chi connectivity index (χ2n) is 4.63. The number of hydrogen-bond acceptors (Lipinski definition) is 2. The summed E-state index contributed by atoms with van der Waals surface area (Å²) in [5.74, 6) is 1.99. The number of nitrogens with one attached hydrogen (secondary N) is 1. The molecule has 0 saturated carbocycles. The molecule has 0 aliphatic heterocycles. The van der Waals surface area contributed by atoms with Crippen molar-refractivity contribution in [1.82, 2.24) is 5.32 Å². The van der Waals surface area contributed by atoms with Gasteiger partial charge in [-0.3, -0.25) is 4.79 Å². The normalized spacial score (nSPS) is 12.8. The zero-order valence-electron chi connectivity index (χ0n) is 11.5. The fraction of sp³-hybridized carbons (Fsp3) is 0.643. The van der Waals surface area contributed by atoms with Crippen LogP contribution in [0.25, 0.3) is 0 Å². The number of aryl methyl sites for hydroxylation is 2. The molecule has 0 bridgehead atoms. The van der Waals surface area contributed by atoms with Gasteiger partial charge in [0.1, 0.15) is 11.5 Å². The Morgan fingerprint density at radius 1 is 1.39 bits per heavy atom. The molecule has 0 spiro atoms. The predicted molar refractivity (Wildman–Crippen MR) is 77.3 cm³/mol. The van der Waals surface area contributed by atoms with Crippen molar-refractivity contribution in [3.63, 3.8) is 0 Å². The lowest BCUT2D eigenvalue weighted by atomic mass is 9.99. The van der Waals surface area contributed by atoms with E-state index in [1.54, 1.807) is 6.07 Å². The molecule has 1 rings (SSSR count).